The number of aromatic carboxylic acids is 1. The van der Waals surface area contributed by atoms with Gasteiger partial charge in [0.25, 0.3) is 0 Å². The van der Waals surface area contributed by atoms with E-state index in [9.17, 15) is 14.7 Å². The number of hydrogen-bond donors (Lipinski definition) is 2. The molecule has 0 saturated carbocycles. The van der Waals surface area contributed by atoms with Crippen molar-refractivity contribution in [1.29, 1.82) is 0 Å². The predicted octanol–water partition coefficient (Wildman–Crippen LogP) is 2.86. The Balaban J connectivity index is 2.27. The highest BCUT2D eigenvalue weighted by molar-refractivity contribution is 5.87. The topological polar surface area (TPSA) is 77.8 Å². The van der Waals surface area contributed by atoms with Crippen molar-refractivity contribution in [2.75, 3.05) is 19.0 Å². The standard InChI is InChI=1S/C18H19NO4/c1-19(2)15-5-3-4-12(10-15)11-16(18(22)23)13-6-8-14(9-7-13)17(20)21/h3-10,16H,11H2,1-2H3,(H,20,21)(H,22,23). The molecule has 0 aliphatic rings. The number of carboxylic acids is 2. The van der Waals surface area contributed by atoms with E-state index in [1.807, 2.05) is 43.3 Å². The molecule has 0 bridgehead atoms. The van der Waals surface area contributed by atoms with Crippen LogP contribution in [0.25, 0.3) is 0 Å². The molecular formula is C18H19NO4. The van der Waals surface area contributed by atoms with Crippen LogP contribution in [0.5, 0.6) is 0 Å². The van der Waals surface area contributed by atoms with Crippen molar-refractivity contribution in [1.82, 2.24) is 0 Å². The van der Waals surface area contributed by atoms with Gasteiger partial charge < -0.3 is 15.1 Å². The second kappa shape index (κ2) is 6.96. The van der Waals surface area contributed by atoms with E-state index in [-0.39, 0.29) is 5.56 Å². The smallest absolute Gasteiger partial charge is 0.335 e. The summed E-state index contributed by atoms with van der Waals surface area (Å²) in [5.41, 5.74) is 2.67. The third-order valence-electron chi connectivity index (χ3n) is 3.72. The Hall–Kier alpha value is -2.82. The monoisotopic (exact) mass is 313 g/mol. The van der Waals surface area contributed by atoms with Crippen molar-refractivity contribution in [3.05, 3.63) is 65.2 Å². The molecule has 1 atom stereocenters. The van der Waals surface area contributed by atoms with Gasteiger partial charge in [0.1, 0.15) is 0 Å². The number of carboxylic acid groups (broad SMARTS) is 2. The third-order valence-corrected chi connectivity index (χ3v) is 3.72. The molecule has 0 fully saturated rings. The van der Waals surface area contributed by atoms with Gasteiger partial charge in [-0.25, -0.2) is 4.79 Å². The first-order chi connectivity index (χ1) is 10.9. The third kappa shape index (κ3) is 4.10. The largest absolute Gasteiger partial charge is 0.481 e. The van der Waals surface area contributed by atoms with Gasteiger partial charge >= 0.3 is 11.9 Å². The first kappa shape index (κ1) is 16.5. The fourth-order valence-corrected chi connectivity index (χ4v) is 2.40. The molecule has 2 rings (SSSR count). The molecule has 5 nitrogen and oxygen atoms in total. The van der Waals surface area contributed by atoms with Crippen molar-refractivity contribution in [3.63, 3.8) is 0 Å². The van der Waals surface area contributed by atoms with Crippen LogP contribution in [0.3, 0.4) is 0 Å². The van der Waals surface area contributed by atoms with E-state index in [1.54, 1.807) is 12.1 Å². The maximum Gasteiger partial charge on any atom is 0.335 e. The SMILES string of the molecule is CN(C)c1cccc(CC(C(=O)O)c2ccc(C(=O)O)cc2)c1. The van der Waals surface area contributed by atoms with Gasteiger partial charge in [0.2, 0.25) is 0 Å². The molecule has 0 aliphatic carbocycles. The maximum absolute atomic E-state index is 11.6. The molecule has 0 radical (unpaired) electrons. The summed E-state index contributed by atoms with van der Waals surface area (Å²) in [5, 5.41) is 18.4. The molecule has 0 saturated heterocycles. The second-order valence-electron chi connectivity index (χ2n) is 5.59. The molecule has 120 valence electrons. The van der Waals surface area contributed by atoms with Crippen molar-refractivity contribution in [2.45, 2.75) is 12.3 Å². The van der Waals surface area contributed by atoms with Crippen molar-refractivity contribution in [3.8, 4) is 0 Å². The highest BCUT2D eigenvalue weighted by Crippen LogP contribution is 2.24. The van der Waals surface area contributed by atoms with Crippen LogP contribution in [0.4, 0.5) is 5.69 Å². The molecule has 0 aliphatic heterocycles. The van der Waals surface area contributed by atoms with E-state index in [4.69, 9.17) is 5.11 Å². The highest BCUT2D eigenvalue weighted by Gasteiger charge is 2.21. The van der Waals surface area contributed by atoms with Gasteiger partial charge in [0.15, 0.2) is 0 Å². The first-order valence-corrected chi connectivity index (χ1v) is 7.21. The predicted molar refractivity (Wildman–Crippen MR) is 88.3 cm³/mol. The van der Waals surface area contributed by atoms with Crippen LogP contribution < -0.4 is 4.90 Å². The number of benzene rings is 2. The van der Waals surface area contributed by atoms with Gasteiger partial charge in [0.05, 0.1) is 11.5 Å². The normalized spacial score (nSPS) is 11.7. The highest BCUT2D eigenvalue weighted by atomic mass is 16.4. The molecule has 0 aromatic heterocycles. The number of hydrogen-bond acceptors (Lipinski definition) is 3. The number of nitrogens with zero attached hydrogens (tertiary/aromatic N) is 1. The van der Waals surface area contributed by atoms with Gasteiger partial charge in [-0.05, 0) is 41.8 Å². The van der Waals surface area contributed by atoms with Crippen LogP contribution in [0.1, 0.15) is 27.4 Å². The lowest BCUT2D eigenvalue weighted by atomic mass is 9.91. The molecule has 0 heterocycles. The summed E-state index contributed by atoms with van der Waals surface area (Å²) in [6, 6.07) is 13.7. The fourth-order valence-electron chi connectivity index (χ4n) is 2.40. The molecule has 1 unspecified atom stereocenters. The Morgan fingerprint density at radius 2 is 1.70 bits per heavy atom. The summed E-state index contributed by atoms with van der Waals surface area (Å²) in [6.07, 6.45) is 0.351. The van der Waals surface area contributed by atoms with E-state index >= 15 is 0 Å². The van der Waals surface area contributed by atoms with Crippen LogP contribution >= 0.6 is 0 Å². The Morgan fingerprint density at radius 3 is 2.22 bits per heavy atom. The summed E-state index contributed by atoms with van der Waals surface area (Å²) in [6.45, 7) is 0. The summed E-state index contributed by atoms with van der Waals surface area (Å²) in [5.74, 6) is -2.67. The zero-order valence-corrected chi connectivity index (χ0v) is 13.1. The minimum atomic E-state index is -1.03. The number of aliphatic carboxylic acids is 1. The quantitative estimate of drug-likeness (QED) is 0.857. The van der Waals surface area contributed by atoms with Crippen molar-refractivity contribution in [2.24, 2.45) is 0 Å². The van der Waals surface area contributed by atoms with Crippen LogP contribution in [-0.2, 0) is 11.2 Å². The van der Waals surface area contributed by atoms with Gasteiger partial charge in [-0.15, -0.1) is 0 Å². The second-order valence-corrected chi connectivity index (χ2v) is 5.59. The van der Waals surface area contributed by atoms with Crippen LogP contribution in [-0.4, -0.2) is 36.2 Å². The Morgan fingerprint density at radius 1 is 1.04 bits per heavy atom. The molecule has 0 amide bonds. The van der Waals surface area contributed by atoms with E-state index in [0.29, 0.717) is 12.0 Å². The van der Waals surface area contributed by atoms with E-state index in [2.05, 4.69) is 0 Å². The molecule has 23 heavy (non-hydrogen) atoms. The van der Waals surface area contributed by atoms with Crippen molar-refractivity contribution < 1.29 is 19.8 Å². The Bertz CT molecular complexity index is 707. The molecule has 5 heteroatoms. The lowest BCUT2D eigenvalue weighted by Crippen LogP contribution is -2.15. The van der Waals surface area contributed by atoms with Crippen molar-refractivity contribution >= 4 is 17.6 Å². The van der Waals surface area contributed by atoms with Crippen LogP contribution in [0.15, 0.2) is 48.5 Å². The van der Waals surface area contributed by atoms with Crippen LogP contribution in [0.2, 0.25) is 0 Å². The van der Waals surface area contributed by atoms with E-state index in [1.165, 1.54) is 12.1 Å². The molecule has 2 N–H and O–H groups in total. The molecule has 0 spiro atoms. The summed E-state index contributed by atoms with van der Waals surface area (Å²) < 4.78 is 0. The maximum atomic E-state index is 11.6. The lowest BCUT2D eigenvalue weighted by Gasteiger charge is -2.16. The average molecular weight is 313 g/mol. The summed E-state index contributed by atoms with van der Waals surface area (Å²) >= 11 is 0. The van der Waals surface area contributed by atoms with E-state index < -0.39 is 17.9 Å². The van der Waals surface area contributed by atoms with Crippen LogP contribution in [0, 0.1) is 0 Å². The van der Waals surface area contributed by atoms with E-state index in [0.717, 1.165) is 11.3 Å². The first-order valence-electron chi connectivity index (χ1n) is 7.21. The zero-order chi connectivity index (χ0) is 17.0. The molecular weight excluding hydrogens is 294 g/mol. The van der Waals surface area contributed by atoms with Gasteiger partial charge in [-0.2, -0.15) is 0 Å². The Labute approximate surface area is 134 Å². The zero-order valence-electron chi connectivity index (χ0n) is 13.1. The Kier molecular flexibility index (Phi) is 5.01. The fraction of sp³-hybridized carbons (Fsp3) is 0.222. The van der Waals surface area contributed by atoms with Gasteiger partial charge in [-0.3, -0.25) is 4.79 Å². The minimum Gasteiger partial charge on any atom is -0.481 e. The number of carbonyl (C=O) groups is 2. The summed E-state index contributed by atoms with van der Waals surface area (Å²) in [7, 11) is 3.86. The molecule has 2 aromatic rings. The van der Waals surface area contributed by atoms with Gasteiger partial charge in [-0.1, -0.05) is 24.3 Å². The number of anilines is 1. The lowest BCUT2D eigenvalue weighted by molar-refractivity contribution is -0.138. The molecule has 2 aromatic carbocycles. The minimum absolute atomic E-state index is 0.146. The number of rotatable bonds is 6. The summed E-state index contributed by atoms with van der Waals surface area (Å²) in [4.78, 5) is 24.5. The average Bonchev–Trinajstić information content (AvgIpc) is 2.52. The van der Waals surface area contributed by atoms with Gasteiger partial charge in [0, 0.05) is 19.8 Å².